The number of rotatable bonds is 12. The summed E-state index contributed by atoms with van der Waals surface area (Å²) in [5, 5.41) is 10.7. The molecule has 0 bridgehead atoms. The zero-order valence-corrected chi connectivity index (χ0v) is 56.0. The Balaban J connectivity index is 1.81. The number of carbonyl (C=O) groups excluding carboxylic acids is 11. The molecule has 1 aromatic rings. The molecule has 2 saturated heterocycles. The lowest BCUT2D eigenvalue weighted by Crippen LogP contribution is -2.64. The van der Waals surface area contributed by atoms with E-state index < -0.39 is 161 Å². The SMILES string of the molecule is C=CC[C@]1(C)NC(=O)C2CCCN2C(=O)[C@H](CCc2ccc(C(F)(F)F)c(Cl)c2)NC(=O)CN(C)C(=O)[C@H](CC2CCCCC2)N(C)C(=O)CN(C)C(=O)CN(C)C(=O)[C@H]([C@@H](C)CC)NC(=O)[C@H](CC(C)C)N(C)C(=O)C[C@@H](C)NC(=O)[C@H](C(C)C)N(C)C1=O. The van der Waals surface area contributed by atoms with E-state index in [0.29, 0.717) is 18.4 Å². The summed E-state index contributed by atoms with van der Waals surface area (Å²) in [5.41, 5.74) is -2.54. The van der Waals surface area contributed by atoms with Gasteiger partial charge in [0.25, 0.3) is 0 Å². The first-order valence-electron chi connectivity index (χ1n) is 31.5. The van der Waals surface area contributed by atoms with Gasteiger partial charge in [-0.2, -0.15) is 13.2 Å². The van der Waals surface area contributed by atoms with Gasteiger partial charge in [0.1, 0.15) is 41.8 Å². The molecule has 26 heteroatoms. The average molecular weight is 1290 g/mol. The Hall–Kier alpha value is -6.79. The molecule has 0 spiro atoms. The fourth-order valence-corrected chi connectivity index (χ4v) is 12.5. The van der Waals surface area contributed by atoms with Crippen molar-refractivity contribution in [2.75, 3.05) is 68.5 Å². The van der Waals surface area contributed by atoms with Crippen molar-refractivity contribution in [3.05, 3.63) is 47.0 Å². The van der Waals surface area contributed by atoms with E-state index in [0.717, 1.165) is 58.9 Å². The zero-order valence-electron chi connectivity index (χ0n) is 55.2. The molecule has 9 atom stereocenters. The Morgan fingerprint density at radius 3 is 1.90 bits per heavy atom. The van der Waals surface area contributed by atoms with Crippen LogP contribution in [-0.4, -0.2) is 216 Å². The highest BCUT2D eigenvalue weighted by Gasteiger charge is 2.46. The van der Waals surface area contributed by atoms with E-state index in [9.17, 15) is 65.9 Å². The molecule has 1 aliphatic carbocycles. The van der Waals surface area contributed by atoms with E-state index in [4.69, 9.17) is 11.6 Å². The second kappa shape index (κ2) is 33.5. The molecule has 1 unspecified atom stereocenters. The second-order valence-corrected chi connectivity index (χ2v) is 26.5. The van der Waals surface area contributed by atoms with Crippen molar-refractivity contribution < 1.29 is 65.9 Å². The number of likely N-dealkylation sites (N-methyl/N-ethyl adjacent to an activating group) is 6. The summed E-state index contributed by atoms with van der Waals surface area (Å²) in [6, 6.07) is -4.84. The number of halogens is 4. The molecule has 1 saturated carbocycles. The lowest BCUT2D eigenvalue weighted by molar-refractivity contribution is -0.149. The maximum Gasteiger partial charge on any atom is 0.417 e. The summed E-state index contributed by atoms with van der Waals surface area (Å²) >= 11 is 6.10. The van der Waals surface area contributed by atoms with Crippen LogP contribution in [0.25, 0.3) is 0 Å². The van der Waals surface area contributed by atoms with Crippen LogP contribution in [0.2, 0.25) is 5.02 Å². The number of amides is 11. The number of alkyl halides is 3. The van der Waals surface area contributed by atoms with E-state index in [1.807, 2.05) is 20.8 Å². The first-order valence-corrected chi connectivity index (χ1v) is 31.9. The number of aryl methyl sites for hydroxylation is 1. The predicted molar refractivity (Wildman–Crippen MR) is 334 cm³/mol. The van der Waals surface area contributed by atoms with Gasteiger partial charge < -0.3 is 55.6 Å². The van der Waals surface area contributed by atoms with Crippen molar-refractivity contribution in [1.29, 1.82) is 0 Å². The molecule has 2 aliphatic heterocycles. The normalized spacial score (nSPS) is 26.6. The molecule has 0 aromatic heterocycles. The number of nitrogens with zero attached hydrogens (tertiary/aromatic N) is 7. The van der Waals surface area contributed by atoms with Crippen LogP contribution in [-0.2, 0) is 65.3 Å². The first-order chi connectivity index (χ1) is 42.0. The summed E-state index contributed by atoms with van der Waals surface area (Å²) in [6.07, 6.45) is 1.60. The van der Waals surface area contributed by atoms with Crippen LogP contribution in [0.5, 0.6) is 0 Å². The van der Waals surface area contributed by atoms with Crippen LogP contribution >= 0.6 is 11.6 Å². The molecule has 4 rings (SSSR count). The first kappa shape index (κ1) is 75.7. The minimum absolute atomic E-state index is 0.0228. The minimum atomic E-state index is -4.75. The summed E-state index contributed by atoms with van der Waals surface area (Å²) in [5.74, 6) is -8.30. The van der Waals surface area contributed by atoms with Crippen LogP contribution < -0.4 is 21.3 Å². The minimum Gasteiger partial charge on any atom is -0.351 e. The largest absolute Gasteiger partial charge is 0.417 e. The third kappa shape index (κ3) is 20.4. The maximum atomic E-state index is 14.9. The molecule has 22 nitrogen and oxygen atoms in total. The molecule has 3 aliphatic rings. The maximum absolute atomic E-state index is 14.9. The number of hydrogen-bond donors (Lipinski definition) is 4. The van der Waals surface area contributed by atoms with E-state index in [2.05, 4.69) is 27.8 Å². The molecule has 90 heavy (non-hydrogen) atoms. The van der Waals surface area contributed by atoms with Gasteiger partial charge >= 0.3 is 6.18 Å². The quantitative estimate of drug-likeness (QED) is 0.198. The van der Waals surface area contributed by atoms with Crippen LogP contribution in [0.1, 0.15) is 150 Å². The van der Waals surface area contributed by atoms with Crippen LogP contribution in [0.15, 0.2) is 30.9 Å². The average Bonchev–Trinajstić information content (AvgIpc) is 1.30. The van der Waals surface area contributed by atoms with E-state index in [1.165, 1.54) is 81.0 Å². The fourth-order valence-electron chi connectivity index (χ4n) is 12.2. The molecule has 4 N–H and O–H groups in total. The lowest BCUT2D eigenvalue weighted by atomic mass is 9.84. The van der Waals surface area contributed by atoms with Gasteiger partial charge in [-0.25, -0.2) is 0 Å². The highest BCUT2D eigenvalue weighted by Crippen LogP contribution is 2.36. The van der Waals surface area contributed by atoms with Crippen LogP contribution in [0, 0.1) is 23.7 Å². The van der Waals surface area contributed by atoms with Crippen molar-refractivity contribution in [2.45, 2.75) is 199 Å². The Morgan fingerprint density at radius 1 is 0.711 bits per heavy atom. The van der Waals surface area contributed by atoms with Gasteiger partial charge in [-0.15, -0.1) is 6.58 Å². The lowest BCUT2D eigenvalue weighted by Gasteiger charge is -2.39. The van der Waals surface area contributed by atoms with Gasteiger partial charge in [-0.3, -0.25) is 52.7 Å². The Kier molecular flexibility index (Phi) is 28.2. The van der Waals surface area contributed by atoms with Crippen molar-refractivity contribution in [2.24, 2.45) is 23.7 Å². The van der Waals surface area contributed by atoms with Gasteiger partial charge in [0.05, 0.1) is 30.2 Å². The highest BCUT2D eigenvalue weighted by molar-refractivity contribution is 6.31. The monoisotopic (exact) mass is 1290 g/mol. The Bertz CT molecular complexity index is 2760. The molecular weight excluding hydrogens is 1190 g/mol. The van der Waals surface area contributed by atoms with Crippen molar-refractivity contribution in [3.63, 3.8) is 0 Å². The third-order valence-corrected chi connectivity index (χ3v) is 18.1. The molecule has 2 heterocycles. The summed E-state index contributed by atoms with van der Waals surface area (Å²) < 4.78 is 41.2. The van der Waals surface area contributed by atoms with Crippen LogP contribution in [0.4, 0.5) is 13.2 Å². The van der Waals surface area contributed by atoms with Gasteiger partial charge in [-0.05, 0) is 100 Å². The summed E-state index contributed by atoms with van der Waals surface area (Å²) in [4.78, 5) is 167. The van der Waals surface area contributed by atoms with Crippen molar-refractivity contribution >= 4 is 76.6 Å². The number of fused-ring (bicyclic) bond motifs is 1. The van der Waals surface area contributed by atoms with Gasteiger partial charge in [0.2, 0.25) is 65.0 Å². The Labute approximate surface area is 534 Å². The Morgan fingerprint density at radius 2 is 1.32 bits per heavy atom. The van der Waals surface area contributed by atoms with Gasteiger partial charge in [0.15, 0.2) is 0 Å². The summed E-state index contributed by atoms with van der Waals surface area (Å²) in [7, 11) is 8.43. The molecular formula is C64H99ClF3N11O11. The zero-order chi connectivity index (χ0) is 67.9. The molecule has 0 radical (unpaired) electrons. The second-order valence-electron chi connectivity index (χ2n) is 26.1. The number of benzene rings is 1. The number of nitrogens with one attached hydrogen (secondary N) is 4. The molecule has 11 amide bonds. The van der Waals surface area contributed by atoms with Crippen LogP contribution in [0.3, 0.4) is 0 Å². The number of hydrogen-bond acceptors (Lipinski definition) is 11. The van der Waals surface area contributed by atoms with E-state index in [1.54, 1.807) is 27.7 Å². The van der Waals surface area contributed by atoms with Crippen molar-refractivity contribution in [1.82, 2.24) is 55.6 Å². The predicted octanol–water partition coefficient (Wildman–Crippen LogP) is 5.19. The third-order valence-electron chi connectivity index (χ3n) is 17.8. The molecule has 1 aromatic carbocycles. The van der Waals surface area contributed by atoms with E-state index in [-0.39, 0.29) is 63.3 Å². The molecule has 3 fully saturated rings. The van der Waals surface area contributed by atoms with Crippen molar-refractivity contribution in [3.8, 4) is 0 Å². The topological polar surface area (TPSA) is 259 Å². The molecule has 504 valence electrons. The highest BCUT2D eigenvalue weighted by atomic mass is 35.5. The number of carbonyl (C=O) groups is 11. The standard InChI is InChI=1S/C64H99ClF3N11O11/c1-16-29-63(9)62(90)78(15)55(39(5)6)58(86)69-41(8)32-51(81)76(13)48(31-38(3)4)56(84)71-54(40(7)17-2)61(89)75(12)36-52(82)73(10)37-53(83)77(14)49(34-42-22-19-18-20-23-42)60(88)74(11)35-50(80)70-46(59(87)79-30-21-24-47(79)57(85)72-63)28-26-43-25-27-44(45(65)33-43)64(66,67)68/h16,25,27,33,38-42,46-49,54-55H,1,17-24,26,28-32,34-37H2,2-15H3,(H,69,86)(H,70,80)(H,71,84)(H,72,85)/t40-,41+,46-,47?,48-,49-,54-,55-,63-/m0/s1. The van der Waals surface area contributed by atoms with Gasteiger partial charge in [0, 0.05) is 61.3 Å². The summed E-state index contributed by atoms with van der Waals surface area (Å²) in [6.45, 7) is 16.0. The van der Waals surface area contributed by atoms with E-state index >= 15 is 0 Å². The van der Waals surface area contributed by atoms with Gasteiger partial charge in [-0.1, -0.05) is 104 Å². The smallest absolute Gasteiger partial charge is 0.351 e. The fraction of sp³-hybridized carbons (Fsp3) is 0.703.